The summed E-state index contributed by atoms with van der Waals surface area (Å²) in [5, 5.41) is 0. The highest BCUT2D eigenvalue weighted by molar-refractivity contribution is 6.02. The number of hydrogen-bond donors (Lipinski definition) is 0. The minimum Gasteiger partial charge on any atom is -0.493 e. The zero-order valence-electron chi connectivity index (χ0n) is 20.3. The molecule has 35 heavy (non-hydrogen) atoms. The molecule has 0 radical (unpaired) electrons. The maximum atomic E-state index is 12.7. The van der Waals surface area contributed by atoms with Crippen LogP contribution in [0.2, 0.25) is 0 Å². The molecule has 10 nitrogen and oxygen atoms in total. The van der Waals surface area contributed by atoms with Gasteiger partial charge in [-0.2, -0.15) is 0 Å². The maximum absolute atomic E-state index is 12.7. The first-order valence-corrected chi connectivity index (χ1v) is 10.6. The predicted octanol–water partition coefficient (Wildman–Crippen LogP) is 3.21. The number of Topliss-reactive ketones (excluding diaryl/α,β-unsaturated/α-hetero) is 2. The fourth-order valence-electron chi connectivity index (χ4n) is 4.06. The molecule has 2 aromatic rings. The fraction of sp³-hybridized carbons (Fsp3) is 0.360. The first kappa shape index (κ1) is 25.5. The van der Waals surface area contributed by atoms with Crippen molar-refractivity contribution in [3.63, 3.8) is 0 Å². The molecule has 0 aromatic heterocycles. The molecule has 0 spiro atoms. The lowest BCUT2D eigenvalue weighted by Crippen LogP contribution is -2.28. The number of carbonyl (C=O) groups is 4. The summed E-state index contributed by atoms with van der Waals surface area (Å²) in [7, 11) is 2.75. The van der Waals surface area contributed by atoms with Gasteiger partial charge in [0.1, 0.15) is 17.3 Å². The molecule has 0 amide bonds. The molecule has 1 heterocycles. The van der Waals surface area contributed by atoms with E-state index in [1.54, 1.807) is 6.07 Å². The van der Waals surface area contributed by atoms with Crippen molar-refractivity contribution in [3.8, 4) is 34.5 Å². The van der Waals surface area contributed by atoms with Crippen molar-refractivity contribution >= 4 is 23.5 Å². The summed E-state index contributed by atoms with van der Waals surface area (Å²) in [4.78, 5) is 49.0. The minimum atomic E-state index is -1.15. The average molecular weight is 486 g/mol. The van der Waals surface area contributed by atoms with E-state index in [0.717, 1.165) is 0 Å². The molecule has 0 aliphatic carbocycles. The Balaban J connectivity index is 2.35. The lowest BCUT2D eigenvalue weighted by molar-refractivity contribution is -0.133. The van der Waals surface area contributed by atoms with Crippen LogP contribution >= 0.6 is 0 Å². The van der Waals surface area contributed by atoms with E-state index in [2.05, 4.69) is 0 Å². The first-order valence-electron chi connectivity index (χ1n) is 10.6. The highest BCUT2D eigenvalue weighted by Gasteiger charge is 2.37. The number of rotatable bonds is 9. The van der Waals surface area contributed by atoms with Crippen molar-refractivity contribution in [2.75, 3.05) is 21.0 Å². The van der Waals surface area contributed by atoms with E-state index in [-0.39, 0.29) is 29.8 Å². The standard InChI is InChI=1S/C25H26O10/c1-12(26)23(13(2)27)24(16-7-21(30-5)25(35-15(4)29)22(8-16)31-6)17-9-19-20(33-11-32-19)10-18(17)34-14(3)28/h7-10,23-24H,11H2,1-6H3. The smallest absolute Gasteiger partial charge is 0.308 e. The van der Waals surface area contributed by atoms with Crippen LogP contribution in [0.3, 0.4) is 0 Å². The Kier molecular flexibility index (Phi) is 7.63. The van der Waals surface area contributed by atoms with Crippen molar-refractivity contribution < 1.29 is 47.6 Å². The van der Waals surface area contributed by atoms with Gasteiger partial charge in [0, 0.05) is 31.4 Å². The van der Waals surface area contributed by atoms with Crippen molar-refractivity contribution in [2.24, 2.45) is 5.92 Å². The molecule has 1 unspecified atom stereocenters. The molecule has 0 N–H and O–H groups in total. The zero-order valence-corrected chi connectivity index (χ0v) is 20.3. The summed E-state index contributed by atoms with van der Waals surface area (Å²) in [5.41, 5.74) is 0.751. The number of carbonyl (C=O) groups excluding carboxylic acids is 4. The van der Waals surface area contributed by atoms with Gasteiger partial charge in [-0.1, -0.05) is 0 Å². The molecule has 1 aliphatic rings. The normalized spacial score (nSPS) is 12.7. The molecular weight excluding hydrogens is 460 g/mol. The van der Waals surface area contributed by atoms with Crippen LogP contribution < -0.4 is 28.4 Å². The van der Waals surface area contributed by atoms with Gasteiger partial charge in [0.2, 0.25) is 12.5 Å². The third kappa shape index (κ3) is 5.37. The molecule has 3 rings (SSSR count). The highest BCUT2D eigenvalue weighted by Crippen LogP contribution is 2.48. The van der Waals surface area contributed by atoms with Crippen LogP contribution in [0.5, 0.6) is 34.5 Å². The fourth-order valence-corrected chi connectivity index (χ4v) is 4.06. The molecule has 2 aromatic carbocycles. The van der Waals surface area contributed by atoms with Crippen molar-refractivity contribution in [1.29, 1.82) is 0 Å². The van der Waals surface area contributed by atoms with E-state index in [1.165, 1.54) is 60.1 Å². The highest BCUT2D eigenvalue weighted by atomic mass is 16.7. The molecule has 1 aliphatic heterocycles. The maximum Gasteiger partial charge on any atom is 0.308 e. The van der Waals surface area contributed by atoms with Crippen LogP contribution in [0.15, 0.2) is 24.3 Å². The van der Waals surface area contributed by atoms with Crippen LogP contribution in [0.4, 0.5) is 0 Å². The molecule has 186 valence electrons. The van der Waals surface area contributed by atoms with E-state index in [0.29, 0.717) is 22.6 Å². The summed E-state index contributed by atoms with van der Waals surface area (Å²) in [5.74, 6) is -2.97. The Labute approximate surface area is 202 Å². The quantitative estimate of drug-likeness (QED) is 0.296. The summed E-state index contributed by atoms with van der Waals surface area (Å²) in [6.45, 7) is 5.04. The second kappa shape index (κ2) is 10.5. The summed E-state index contributed by atoms with van der Waals surface area (Å²) in [6, 6.07) is 6.12. The van der Waals surface area contributed by atoms with Gasteiger partial charge in [-0.25, -0.2) is 0 Å². The third-order valence-electron chi connectivity index (χ3n) is 5.39. The monoisotopic (exact) mass is 486 g/mol. The number of esters is 2. The zero-order chi connectivity index (χ0) is 25.9. The van der Waals surface area contributed by atoms with Crippen LogP contribution in [-0.2, 0) is 19.2 Å². The second-order valence-electron chi connectivity index (χ2n) is 7.86. The van der Waals surface area contributed by atoms with Crippen LogP contribution in [0.25, 0.3) is 0 Å². The molecule has 0 saturated heterocycles. The topological polar surface area (TPSA) is 124 Å². The minimum absolute atomic E-state index is 0.0372. The number of ether oxygens (including phenoxy) is 6. The van der Waals surface area contributed by atoms with Gasteiger partial charge in [0.25, 0.3) is 0 Å². The van der Waals surface area contributed by atoms with Crippen molar-refractivity contribution in [1.82, 2.24) is 0 Å². The number of hydrogen-bond acceptors (Lipinski definition) is 10. The molecule has 0 fully saturated rings. The van der Waals surface area contributed by atoms with Gasteiger partial charge in [-0.15, -0.1) is 0 Å². The second-order valence-corrected chi connectivity index (χ2v) is 7.86. The molecule has 10 heteroatoms. The number of ketones is 2. The van der Waals surface area contributed by atoms with Crippen LogP contribution in [-0.4, -0.2) is 44.5 Å². The van der Waals surface area contributed by atoms with Crippen molar-refractivity contribution in [3.05, 3.63) is 35.4 Å². The van der Waals surface area contributed by atoms with E-state index >= 15 is 0 Å². The Morgan fingerprint density at radius 3 is 1.71 bits per heavy atom. The first-order chi connectivity index (χ1) is 16.6. The van der Waals surface area contributed by atoms with E-state index in [1.807, 2.05) is 0 Å². The van der Waals surface area contributed by atoms with Gasteiger partial charge in [0.15, 0.2) is 23.0 Å². The van der Waals surface area contributed by atoms with Gasteiger partial charge in [-0.3, -0.25) is 19.2 Å². The lowest BCUT2D eigenvalue weighted by Gasteiger charge is -2.27. The molecular formula is C25H26O10. The number of benzene rings is 2. The van der Waals surface area contributed by atoms with Gasteiger partial charge in [-0.05, 0) is 37.6 Å². The Hall–Kier alpha value is -4.08. The summed E-state index contributed by atoms with van der Waals surface area (Å²) in [6.07, 6.45) is 0. The van der Waals surface area contributed by atoms with Crippen molar-refractivity contribution in [2.45, 2.75) is 33.6 Å². The largest absolute Gasteiger partial charge is 0.493 e. The molecule has 1 atom stereocenters. The Morgan fingerprint density at radius 1 is 0.743 bits per heavy atom. The SMILES string of the molecule is COc1cc(C(c2cc3c(cc2OC(C)=O)OCO3)C(C(C)=O)C(C)=O)cc(OC)c1OC(C)=O. The number of fused-ring (bicyclic) bond motifs is 1. The van der Waals surface area contributed by atoms with Gasteiger partial charge in [0.05, 0.1) is 20.1 Å². The van der Waals surface area contributed by atoms with E-state index in [4.69, 9.17) is 28.4 Å². The average Bonchev–Trinajstić information content (AvgIpc) is 3.23. The number of methoxy groups -OCH3 is 2. The summed E-state index contributed by atoms with van der Waals surface area (Å²) < 4.78 is 32.5. The molecule has 0 bridgehead atoms. The Bertz CT molecular complexity index is 1140. The Morgan fingerprint density at radius 2 is 1.26 bits per heavy atom. The van der Waals surface area contributed by atoms with Gasteiger partial charge < -0.3 is 28.4 Å². The predicted molar refractivity (Wildman–Crippen MR) is 121 cm³/mol. The molecule has 0 saturated carbocycles. The third-order valence-corrected chi connectivity index (χ3v) is 5.39. The lowest BCUT2D eigenvalue weighted by atomic mass is 9.76. The van der Waals surface area contributed by atoms with E-state index < -0.39 is 35.3 Å². The van der Waals surface area contributed by atoms with E-state index in [9.17, 15) is 19.2 Å². The van der Waals surface area contributed by atoms with Crippen LogP contribution in [0, 0.1) is 5.92 Å². The van der Waals surface area contributed by atoms with Gasteiger partial charge >= 0.3 is 11.9 Å². The van der Waals surface area contributed by atoms with Crippen LogP contribution in [0.1, 0.15) is 44.7 Å². The summed E-state index contributed by atoms with van der Waals surface area (Å²) >= 11 is 0.